The van der Waals surface area contributed by atoms with Crippen molar-refractivity contribution in [2.75, 3.05) is 13.7 Å². The van der Waals surface area contributed by atoms with E-state index < -0.39 is 0 Å². The first-order chi connectivity index (χ1) is 8.48. The van der Waals surface area contributed by atoms with Gasteiger partial charge in [0.25, 0.3) is 0 Å². The number of rotatable bonds is 8. The van der Waals surface area contributed by atoms with Crippen molar-refractivity contribution >= 4 is 0 Å². The van der Waals surface area contributed by atoms with Crippen LogP contribution in [0, 0.1) is 0 Å². The molecule has 104 valence electrons. The maximum atomic E-state index is 5.41. The standard InChI is InChI=1S/C14H27N3O/c1-6-13-16-9-10-17(13)11-12(2)15-8-7-14(3,4)18-5/h9-10,12,15H,6-8,11H2,1-5H3. The molecule has 1 aromatic heterocycles. The third kappa shape index (κ3) is 4.78. The summed E-state index contributed by atoms with van der Waals surface area (Å²) in [7, 11) is 1.77. The van der Waals surface area contributed by atoms with Crippen molar-refractivity contribution in [3.63, 3.8) is 0 Å². The molecule has 0 radical (unpaired) electrons. The van der Waals surface area contributed by atoms with Gasteiger partial charge in [-0.25, -0.2) is 4.98 Å². The van der Waals surface area contributed by atoms with Gasteiger partial charge in [0, 0.05) is 38.5 Å². The monoisotopic (exact) mass is 253 g/mol. The van der Waals surface area contributed by atoms with Gasteiger partial charge in [-0.05, 0) is 33.7 Å². The van der Waals surface area contributed by atoms with Gasteiger partial charge < -0.3 is 14.6 Å². The van der Waals surface area contributed by atoms with Crippen LogP contribution < -0.4 is 5.32 Å². The van der Waals surface area contributed by atoms with Crippen molar-refractivity contribution in [2.45, 2.75) is 58.7 Å². The summed E-state index contributed by atoms with van der Waals surface area (Å²) in [5.74, 6) is 1.15. The average Bonchev–Trinajstić information content (AvgIpc) is 2.76. The molecule has 0 spiro atoms. The highest BCUT2D eigenvalue weighted by Crippen LogP contribution is 2.11. The quantitative estimate of drug-likeness (QED) is 0.772. The number of nitrogens with zero attached hydrogens (tertiary/aromatic N) is 2. The van der Waals surface area contributed by atoms with E-state index in [1.54, 1.807) is 7.11 Å². The maximum Gasteiger partial charge on any atom is 0.108 e. The van der Waals surface area contributed by atoms with Crippen molar-refractivity contribution in [2.24, 2.45) is 0 Å². The van der Waals surface area contributed by atoms with Crippen LogP contribution in [0.1, 0.15) is 39.9 Å². The molecule has 1 aromatic rings. The van der Waals surface area contributed by atoms with E-state index in [2.05, 4.69) is 48.8 Å². The minimum absolute atomic E-state index is 0.0453. The van der Waals surface area contributed by atoms with Crippen LogP contribution in [0.3, 0.4) is 0 Å². The number of hydrogen-bond donors (Lipinski definition) is 1. The molecule has 0 aromatic carbocycles. The molecule has 18 heavy (non-hydrogen) atoms. The highest BCUT2D eigenvalue weighted by Gasteiger charge is 2.16. The van der Waals surface area contributed by atoms with Crippen LogP contribution in [-0.4, -0.2) is 34.8 Å². The van der Waals surface area contributed by atoms with Gasteiger partial charge in [0.15, 0.2) is 0 Å². The largest absolute Gasteiger partial charge is 0.379 e. The van der Waals surface area contributed by atoms with Crippen LogP contribution in [0.4, 0.5) is 0 Å². The van der Waals surface area contributed by atoms with E-state index in [9.17, 15) is 0 Å². The second-order valence-corrected chi connectivity index (χ2v) is 5.42. The van der Waals surface area contributed by atoms with Crippen LogP contribution in [0.2, 0.25) is 0 Å². The van der Waals surface area contributed by atoms with Crippen molar-refractivity contribution < 1.29 is 4.74 Å². The number of aromatic nitrogens is 2. The molecule has 0 aliphatic heterocycles. The summed E-state index contributed by atoms with van der Waals surface area (Å²) in [4.78, 5) is 4.34. The van der Waals surface area contributed by atoms with Crippen molar-refractivity contribution in [3.8, 4) is 0 Å². The Bertz CT molecular complexity index is 347. The Morgan fingerprint density at radius 1 is 1.50 bits per heavy atom. The Kier molecular flexibility index (Phi) is 5.82. The number of nitrogens with one attached hydrogen (secondary N) is 1. The molecule has 1 atom stereocenters. The van der Waals surface area contributed by atoms with Crippen LogP contribution in [0.5, 0.6) is 0 Å². The van der Waals surface area contributed by atoms with Crippen LogP contribution in [0.15, 0.2) is 12.4 Å². The van der Waals surface area contributed by atoms with Crippen molar-refractivity contribution in [1.82, 2.24) is 14.9 Å². The minimum atomic E-state index is -0.0453. The molecule has 0 amide bonds. The van der Waals surface area contributed by atoms with E-state index in [4.69, 9.17) is 4.74 Å². The predicted octanol–water partition coefficient (Wildman–Crippen LogP) is 2.24. The fraction of sp³-hybridized carbons (Fsp3) is 0.786. The van der Waals surface area contributed by atoms with Gasteiger partial charge in [-0.2, -0.15) is 0 Å². The Morgan fingerprint density at radius 2 is 2.22 bits per heavy atom. The second-order valence-electron chi connectivity index (χ2n) is 5.42. The summed E-state index contributed by atoms with van der Waals surface area (Å²) in [6, 6.07) is 0.442. The zero-order valence-corrected chi connectivity index (χ0v) is 12.4. The molecule has 0 bridgehead atoms. The SMILES string of the molecule is CCc1nccn1CC(C)NCCC(C)(C)OC. The molecule has 0 saturated heterocycles. The topological polar surface area (TPSA) is 39.1 Å². The van der Waals surface area contributed by atoms with Crippen LogP contribution >= 0.6 is 0 Å². The summed E-state index contributed by atoms with van der Waals surface area (Å²) >= 11 is 0. The molecule has 0 fully saturated rings. The van der Waals surface area contributed by atoms with Gasteiger partial charge in [-0.1, -0.05) is 6.92 Å². The molecule has 4 nitrogen and oxygen atoms in total. The van der Waals surface area contributed by atoms with E-state index in [0.29, 0.717) is 6.04 Å². The van der Waals surface area contributed by atoms with E-state index >= 15 is 0 Å². The summed E-state index contributed by atoms with van der Waals surface area (Å²) in [5.41, 5.74) is -0.0453. The fourth-order valence-electron chi connectivity index (χ4n) is 1.90. The predicted molar refractivity (Wildman–Crippen MR) is 74.8 cm³/mol. The third-order valence-corrected chi connectivity index (χ3v) is 3.36. The van der Waals surface area contributed by atoms with Crippen LogP contribution in [0.25, 0.3) is 0 Å². The normalized spacial score (nSPS) is 13.8. The molecule has 1 heterocycles. The van der Waals surface area contributed by atoms with Crippen molar-refractivity contribution in [3.05, 3.63) is 18.2 Å². The third-order valence-electron chi connectivity index (χ3n) is 3.36. The fourth-order valence-corrected chi connectivity index (χ4v) is 1.90. The van der Waals surface area contributed by atoms with E-state index in [1.807, 2.05) is 6.20 Å². The summed E-state index contributed by atoms with van der Waals surface area (Å²) in [6.45, 7) is 10.5. The minimum Gasteiger partial charge on any atom is -0.379 e. The number of aryl methyl sites for hydroxylation is 1. The number of ether oxygens (including phenoxy) is 1. The number of imidazole rings is 1. The highest BCUT2D eigenvalue weighted by molar-refractivity contribution is 4.92. The Hall–Kier alpha value is -0.870. The smallest absolute Gasteiger partial charge is 0.108 e. The summed E-state index contributed by atoms with van der Waals surface area (Å²) in [6.07, 6.45) is 5.92. The van der Waals surface area contributed by atoms with Crippen LogP contribution in [-0.2, 0) is 17.7 Å². The lowest BCUT2D eigenvalue weighted by molar-refractivity contribution is 0.0153. The van der Waals surface area contributed by atoms with Gasteiger partial charge in [0.1, 0.15) is 5.82 Å². The molecule has 0 aliphatic rings. The van der Waals surface area contributed by atoms with E-state index in [-0.39, 0.29) is 5.60 Å². The molecule has 1 N–H and O–H groups in total. The Labute approximate surface area is 111 Å². The first-order valence-corrected chi connectivity index (χ1v) is 6.77. The zero-order chi connectivity index (χ0) is 13.6. The van der Waals surface area contributed by atoms with Gasteiger partial charge >= 0.3 is 0 Å². The lowest BCUT2D eigenvalue weighted by Crippen LogP contribution is -2.35. The zero-order valence-electron chi connectivity index (χ0n) is 12.4. The molecule has 4 heteroatoms. The molecule has 0 aliphatic carbocycles. The van der Waals surface area contributed by atoms with Gasteiger partial charge in [-0.15, -0.1) is 0 Å². The van der Waals surface area contributed by atoms with E-state index in [0.717, 1.165) is 31.8 Å². The van der Waals surface area contributed by atoms with Gasteiger partial charge in [0.2, 0.25) is 0 Å². The summed E-state index contributed by atoms with van der Waals surface area (Å²) in [5, 5.41) is 3.53. The maximum absolute atomic E-state index is 5.41. The lowest BCUT2D eigenvalue weighted by Gasteiger charge is -2.24. The first-order valence-electron chi connectivity index (χ1n) is 6.77. The van der Waals surface area contributed by atoms with Crippen molar-refractivity contribution in [1.29, 1.82) is 0 Å². The molecular weight excluding hydrogens is 226 g/mol. The first kappa shape index (κ1) is 15.2. The molecule has 1 rings (SSSR count). The Morgan fingerprint density at radius 3 is 2.83 bits per heavy atom. The molecule has 0 saturated carbocycles. The molecule has 1 unspecified atom stereocenters. The number of methoxy groups -OCH3 is 1. The van der Waals surface area contributed by atoms with E-state index in [1.165, 1.54) is 0 Å². The Balaban J connectivity index is 2.32. The lowest BCUT2D eigenvalue weighted by atomic mass is 10.1. The highest BCUT2D eigenvalue weighted by atomic mass is 16.5. The second kappa shape index (κ2) is 6.90. The molecular formula is C14H27N3O. The summed E-state index contributed by atoms with van der Waals surface area (Å²) < 4.78 is 7.63. The number of hydrogen-bond acceptors (Lipinski definition) is 3. The van der Waals surface area contributed by atoms with Gasteiger partial charge in [-0.3, -0.25) is 0 Å². The van der Waals surface area contributed by atoms with Gasteiger partial charge in [0.05, 0.1) is 5.60 Å². The average molecular weight is 253 g/mol.